The van der Waals surface area contributed by atoms with Crippen molar-refractivity contribution in [2.24, 2.45) is 10.2 Å². The van der Waals surface area contributed by atoms with Crippen molar-refractivity contribution >= 4 is 52.3 Å². The summed E-state index contributed by atoms with van der Waals surface area (Å²) >= 11 is 0. The molecule has 196 valence electrons. The summed E-state index contributed by atoms with van der Waals surface area (Å²) in [7, 11) is 0. The molecule has 0 radical (unpaired) electrons. The van der Waals surface area contributed by atoms with E-state index >= 15 is 0 Å². The zero-order chi connectivity index (χ0) is 27.5. The average Bonchev–Trinajstić information content (AvgIpc) is 3.18. The predicted molar refractivity (Wildman–Crippen MR) is 139 cm³/mol. The summed E-state index contributed by atoms with van der Waals surface area (Å²) in [6, 6.07) is 16.9. The maximum absolute atomic E-state index is 13.1. The fourth-order valence-corrected chi connectivity index (χ4v) is 4.21. The van der Waals surface area contributed by atoms with Crippen molar-refractivity contribution in [3.05, 3.63) is 77.9 Å². The van der Waals surface area contributed by atoms with Gasteiger partial charge in [-0.1, -0.05) is 6.07 Å². The molecule has 12 heteroatoms. The molecule has 1 unspecified atom stereocenters. The molecule has 1 atom stereocenters. The average molecular weight is 527 g/mol. The molecule has 5 amide bonds. The SMILES string of the molecule is Nc1ccc(N=Nc2ccc(NC(=O)COc3cccc4c3C(=O)N(C3CCC(=O)NC3=O)C4=O)cc2)cc1. The Balaban J connectivity index is 1.21. The Kier molecular flexibility index (Phi) is 6.83. The van der Waals surface area contributed by atoms with Crippen LogP contribution in [0.15, 0.2) is 77.0 Å². The summed E-state index contributed by atoms with van der Waals surface area (Å²) in [5.74, 6) is -3.01. The number of hydrogen-bond acceptors (Lipinski definition) is 9. The van der Waals surface area contributed by atoms with Crippen molar-refractivity contribution in [3.63, 3.8) is 0 Å². The number of carbonyl (C=O) groups is 5. The van der Waals surface area contributed by atoms with E-state index in [4.69, 9.17) is 10.5 Å². The number of piperidine rings is 1. The van der Waals surface area contributed by atoms with Crippen LogP contribution in [0.1, 0.15) is 33.6 Å². The number of imide groups is 2. The number of nitrogens with two attached hydrogens (primary N) is 1. The molecule has 0 saturated carbocycles. The molecule has 2 aliphatic rings. The molecule has 3 aromatic carbocycles. The zero-order valence-corrected chi connectivity index (χ0v) is 20.4. The first-order chi connectivity index (χ1) is 18.8. The molecule has 2 heterocycles. The van der Waals surface area contributed by atoms with Gasteiger partial charge in [-0.2, -0.15) is 10.2 Å². The highest BCUT2D eigenvalue weighted by atomic mass is 16.5. The molecule has 4 N–H and O–H groups in total. The Morgan fingerprint density at radius 2 is 1.62 bits per heavy atom. The fraction of sp³-hybridized carbons (Fsp3) is 0.148. The summed E-state index contributed by atoms with van der Waals surface area (Å²) in [5.41, 5.74) is 8.02. The molecule has 12 nitrogen and oxygen atoms in total. The zero-order valence-electron chi connectivity index (χ0n) is 20.4. The van der Waals surface area contributed by atoms with E-state index in [0.717, 1.165) is 4.90 Å². The molecular weight excluding hydrogens is 504 g/mol. The number of carbonyl (C=O) groups excluding carboxylic acids is 5. The monoisotopic (exact) mass is 526 g/mol. The van der Waals surface area contributed by atoms with E-state index in [1.807, 2.05) is 0 Å². The van der Waals surface area contributed by atoms with Crippen LogP contribution in [0.5, 0.6) is 5.75 Å². The van der Waals surface area contributed by atoms with Gasteiger partial charge in [-0.15, -0.1) is 0 Å². The van der Waals surface area contributed by atoms with Crippen LogP contribution in [-0.2, 0) is 14.4 Å². The first-order valence-electron chi connectivity index (χ1n) is 11.9. The first-order valence-corrected chi connectivity index (χ1v) is 11.9. The van der Waals surface area contributed by atoms with Crippen molar-refractivity contribution < 1.29 is 28.7 Å². The van der Waals surface area contributed by atoms with Crippen LogP contribution in [0.4, 0.5) is 22.7 Å². The molecule has 39 heavy (non-hydrogen) atoms. The van der Waals surface area contributed by atoms with Gasteiger partial charge in [0, 0.05) is 17.8 Å². The maximum Gasteiger partial charge on any atom is 0.266 e. The molecule has 1 saturated heterocycles. The van der Waals surface area contributed by atoms with Gasteiger partial charge >= 0.3 is 0 Å². The highest BCUT2D eigenvalue weighted by molar-refractivity contribution is 6.24. The molecule has 3 aromatic rings. The minimum absolute atomic E-state index is 0.0137. The van der Waals surface area contributed by atoms with Crippen molar-refractivity contribution in [2.75, 3.05) is 17.7 Å². The van der Waals surface area contributed by atoms with E-state index in [1.54, 1.807) is 48.5 Å². The molecule has 0 aliphatic carbocycles. The van der Waals surface area contributed by atoms with Gasteiger partial charge in [0.2, 0.25) is 11.8 Å². The Morgan fingerprint density at radius 3 is 2.28 bits per heavy atom. The highest BCUT2D eigenvalue weighted by Crippen LogP contribution is 2.33. The van der Waals surface area contributed by atoms with Gasteiger partial charge in [0.25, 0.3) is 17.7 Å². The number of ether oxygens (including phenoxy) is 1. The van der Waals surface area contributed by atoms with Crippen LogP contribution >= 0.6 is 0 Å². The molecular formula is C27H22N6O6. The van der Waals surface area contributed by atoms with Gasteiger partial charge in [-0.25, -0.2) is 0 Å². The number of anilines is 2. The summed E-state index contributed by atoms with van der Waals surface area (Å²) in [4.78, 5) is 63.1. The normalized spacial score (nSPS) is 16.8. The van der Waals surface area contributed by atoms with Gasteiger partial charge in [0.1, 0.15) is 11.8 Å². The lowest BCUT2D eigenvalue weighted by atomic mass is 10.0. The van der Waals surface area contributed by atoms with E-state index in [-0.39, 0.29) is 29.7 Å². The number of amides is 5. The second-order valence-electron chi connectivity index (χ2n) is 8.80. The fourth-order valence-electron chi connectivity index (χ4n) is 4.21. The topological polar surface area (TPSA) is 173 Å². The van der Waals surface area contributed by atoms with E-state index in [0.29, 0.717) is 22.7 Å². The van der Waals surface area contributed by atoms with E-state index in [2.05, 4.69) is 20.9 Å². The molecule has 5 rings (SSSR count). The van der Waals surface area contributed by atoms with Gasteiger partial charge in [-0.3, -0.25) is 34.2 Å². The van der Waals surface area contributed by atoms with Gasteiger partial charge < -0.3 is 15.8 Å². The Bertz CT molecular complexity index is 1520. The summed E-state index contributed by atoms with van der Waals surface area (Å²) in [6.07, 6.45) is 0.0516. The van der Waals surface area contributed by atoms with Crippen LogP contribution in [0.25, 0.3) is 0 Å². The quantitative estimate of drug-likeness (QED) is 0.241. The van der Waals surface area contributed by atoms with Gasteiger partial charge in [0.15, 0.2) is 6.61 Å². The standard InChI is InChI=1S/C27H22N6O6/c28-15-4-6-17(7-5-15)31-32-18-10-8-16(9-11-18)29-23(35)14-39-21-3-1-2-19-24(21)27(38)33(26(19)37)20-12-13-22(34)30-25(20)36/h1-11,20H,12-14,28H2,(H,29,35)(H,30,34,36). The van der Waals surface area contributed by atoms with Gasteiger partial charge in [-0.05, 0) is 67.1 Å². The minimum atomic E-state index is -1.10. The minimum Gasteiger partial charge on any atom is -0.483 e. The molecule has 2 aliphatic heterocycles. The highest BCUT2D eigenvalue weighted by Gasteiger charge is 2.46. The Labute approximate surface area is 221 Å². The van der Waals surface area contributed by atoms with Crippen molar-refractivity contribution in [1.82, 2.24) is 10.2 Å². The third-order valence-corrected chi connectivity index (χ3v) is 6.11. The third-order valence-electron chi connectivity index (χ3n) is 6.11. The lowest BCUT2D eigenvalue weighted by molar-refractivity contribution is -0.136. The van der Waals surface area contributed by atoms with Crippen molar-refractivity contribution in [1.29, 1.82) is 0 Å². The second kappa shape index (κ2) is 10.5. The number of fused-ring (bicyclic) bond motifs is 1. The number of nitrogen functional groups attached to an aromatic ring is 1. The molecule has 0 spiro atoms. The van der Waals surface area contributed by atoms with Crippen LogP contribution in [-0.4, -0.2) is 47.1 Å². The number of hydrogen-bond donors (Lipinski definition) is 3. The van der Waals surface area contributed by atoms with Crippen LogP contribution in [0.2, 0.25) is 0 Å². The van der Waals surface area contributed by atoms with Crippen molar-refractivity contribution in [3.8, 4) is 5.75 Å². The van der Waals surface area contributed by atoms with Crippen LogP contribution < -0.4 is 21.1 Å². The Morgan fingerprint density at radius 1 is 0.949 bits per heavy atom. The maximum atomic E-state index is 13.1. The number of benzene rings is 3. The first kappa shape index (κ1) is 25.3. The molecule has 0 aromatic heterocycles. The van der Waals surface area contributed by atoms with E-state index in [1.165, 1.54) is 18.2 Å². The third kappa shape index (κ3) is 5.34. The summed E-state index contributed by atoms with van der Waals surface area (Å²) in [5, 5.41) is 13.1. The van der Waals surface area contributed by atoms with E-state index < -0.39 is 42.2 Å². The number of rotatable bonds is 7. The second-order valence-corrected chi connectivity index (χ2v) is 8.80. The number of nitrogens with zero attached hydrogens (tertiary/aromatic N) is 3. The van der Waals surface area contributed by atoms with E-state index in [9.17, 15) is 24.0 Å². The van der Waals surface area contributed by atoms with Crippen molar-refractivity contribution in [2.45, 2.75) is 18.9 Å². The summed E-state index contributed by atoms with van der Waals surface area (Å²) < 4.78 is 5.59. The lowest BCUT2D eigenvalue weighted by Crippen LogP contribution is -2.54. The predicted octanol–water partition coefficient (Wildman–Crippen LogP) is 3.10. The largest absolute Gasteiger partial charge is 0.483 e. The smallest absolute Gasteiger partial charge is 0.266 e. The number of azo groups is 1. The summed E-state index contributed by atoms with van der Waals surface area (Å²) in [6.45, 7) is -0.436. The Hall–Kier alpha value is -5.39. The number of nitrogens with one attached hydrogen (secondary N) is 2. The lowest BCUT2D eigenvalue weighted by Gasteiger charge is -2.27. The molecule has 1 fully saturated rings. The molecule has 0 bridgehead atoms. The van der Waals surface area contributed by atoms with Crippen LogP contribution in [0, 0.1) is 0 Å². The van der Waals surface area contributed by atoms with Crippen LogP contribution in [0.3, 0.4) is 0 Å². The van der Waals surface area contributed by atoms with Gasteiger partial charge in [0.05, 0.1) is 22.5 Å².